The molecule has 0 radical (unpaired) electrons. The number of aromatic nitrogens is 3. The maximum Gasteiger partial charge on any atom is 0.164 e. The van der Waals surface area contributed by atoms with Gasteiger partial charge in [0.1, 0.15) is 11.3 Å². The molecule has 0 aliphatic carbocycles. The molecule has 0 amide bonds. The van der Waals surface area contributed by atoms with Crippen molar-refractivity contribution in [3.63, 3.8) is 0 Å². The zero-order valence-electron chi connectivity index (χ0n) is 11.9. The lowest BCUT2D eigenvalue weighted by atomic mass is 10.3. The number of hydrogen-bond donors (Lipinski definition) is 1. The van der Waals surface area contributed by atoms with Crippen molar-refractivity contribution in [2.45, 2.75) is 6.92 Å². The third-order valence-corrected chi connectivity index (χ3v) is 4.46. The molecule has 4 nitrogen and oxygen atoms in total. The molecule has 3 heterocycles. The smallest absolute Gasteiger partial charge is 0.164 e. The summed E-state index contributed by atoms with van der Waals surface area (Å²) in [5, 5.41) is 9.80. The van der Waals surface area contributed by atoms with E-state index in [0.717, 1.165) is 27.6 Å². The van der Waals surface area contributed by atoms with E-state index in [9.17, 15) is 5.11 Å². The van der Waals surface area contributed by atoms with Crippen molar-refractivity contribution < 1.29 is 5.11 Å². The topological polar surface area (TPSA) is 50.9 Å². The fourth-order valence-corrected chi connectivity index (χ4v) is 3.36. The molecule has 0 saturated heterocycles. The van der Waals surface area contributed by atoms with Gasteiger partial charge >= 0.3 is 0 Å². The number of phenolic OH excluding ortho intramolecular Hbond substituents is 1. The zero-order chi connectivity index (χ0) is 15.1. The first-order valence-electron chi connectivity index (χ1n) is 6.92. The van der Waals surface area contributed by atoms with Crippen molar-refractivity contribution in [1.82, 2.24) is 14.5 Å². The van der Waals surface area contributed by atoms with E-state index in [2.05, 4.69) is 24.0 Å². The maximum absolute atomic E-state index is 9.80. The van der Waals surface area contributed by atoms with Gasteiger partial charge in [-0.3, -0.25) is 4.57 Å². The molecule has 0 saturated carbocycles. The van der Waals surface area contributed by atoms with E-state index in [1.807, 2.05) is 28.8 Å². The van der Waals surface area contributed by atoms with E-state index in [1.165, 1.54) is 4.88 Å². The Morgan fingerprint density at radius 3 is 2.77 bits per heavy atom. The number of fused-ring (bicyclic) bond motifs is 1. The lowest BCUT2D eigenvalue weighted by molar-refractivity contribution is 0.475. The standard InChI is InChI=1S/C17H13N3OS/c1-11-7-8-15(22-11)17-19-14-6-3-9-18-16(14)20(17)12-4-2-5-13(21)10-12/h2-10,21H,1H3. The van der Waals surface area contributed by atoms with Crippen LogP contribution < -0.4 is 0 Å². The molecule has 4 aromatic rings. The predicted molar refractivity (Wildman–Crippen MR) is 88.6 cm³/mol. The van der Waals surface area contributed by atoms with E-state index in [-0.39, 0.29) is 5.75 Å². The van der Waals surface area contributed by atoms with Crippen LogP contribution in [-0.4, -0.2) is 19.6 Å². The Kier molecular flexibility index (Phi) is 2.94. The Labute approximate surface area is 131 Å². The molecule has 0 aliphatic rings. The van der Waals surface area contributed by atoms with E-state index >= 15 is 0 Å². The average molecular weight is 307 g/mol. The minimum absolute atomic E-state index is 0.226. The average Bonchev–Trinajstić information content (AvgIpc) is 3.10. The van der Waals surface area contributed by atoms with Crippen LogP contribution in [0.15, 0.2) is 54.7 Å². The van der Waals surface area contributed by atoms with Gasteiger partial charge in [-0.25, -0.2) is 9.97 Å². The predicted octanol–water partition coefficient (Wildman–Crippen LogP) is 4.16. The highest BCUT2D eigenvalue weighted by Gasteiger charge is 2.16. The van der Waals surface area contributed by atoms with Crippen LogP contribution in [0.3, 0.4) is 0 Å². The Hall–Kier alpha value is -2.66. The van der Waals surface area contributed by atoms with Crippen molar-refractivity contribution in [2.75, 3.05) is 0 Å². The van der Waals surface area contributed by atoms with E-state index in [0.29, 0.717) is 0 Å². The number of nitrogens with zero attached hydrogens (tertiary/aromatic N) is 3. The van der Waals surface area contributed by atoms with Crippen LogP contribution in [0.5, 0.6) is 5.75 Å². The molecule has 0 aliphatic heterocycles. The number of pyridine rings is 1. The number of hydrogen-bond acceptors (Lipinski definition) is 4. The normalized spacial score (nSPS) is 11.1. The number of benzene rings is 1. The van der Waals surface area contributed by atoms with Crippen LogP contribution >= 0.6 is 11.3 Å². The Morgan fingerprint density at radius 2 is 2.00 bits per heavy atom. The maximum atomic E-state index is 9.80. The van der Waals surface area contributed by atoms with Gasteiger partial charge in [0.15, 0.2) is 11.5 Å². The number of aryl methyl sites for hydroxylation is 1. The van der Waals surface area contributed by atoms with E-state index in [1.54, 1.807) is 29.7 Å². The van der Waals surface area contributed by atoms with E-state index < -0.39 is 0 Å². The summed E-state index contributed by atoms with van der Waals surface area (Å²) in [6, 6.07) is 15.1. The highest BCUT2D eigenvalue weighted by atomic mass is 32.1. The first kappa shape index (κ1) is 13.0. The monoisotopic (exact) mass is 307 g/mol. The summed E-state index contributed by atoms with van der Waals surface area (Å²) >= 11 is 1.70. The molecule has 0 unspecified atom stereocenters. The first-order chi connectivity index (χ1) is 10.7. The van der Waals surface area contributed by atoms with Crippen molar-refractivity contribution in [1.29, 1.82) is 0 Å². The summed E-state index contributed by atoms with van der Waals surface area (Å²) in [6.45, 7) is 2.08. The SMILES string of the molecule is Cc1ccc(-c2nc3cccnc3n2-c2cccc(O)c2)s1. The quantitative estimate of drug-likeness (QED) is 0.605. The summed E-state index contributed by atoms with van der Waals surface area (Å²) in [5.74, 6) is 1.07. The summed E-state index contributed by atoms with van der Waals surface area (Å²) in [7, 11) is 0. The number of rotatable bonds is 2. The number of phenols is 1. The van der Waals surface area contributed by atoms with Gasteiger partial charge in [-0.2, -0.15) is 0 Å². The molecule has 4 rings (SSSR count). The molecular weight excluding hydrogens is 294 g/mol. The lowest BCUT2D eigenvalue weighted by Crippen LogP contribution is -1.97. The summed E-state index contributed by atoms with van der Waals surface area (Å²) in [5.41, 5.74) is 2.48. The van der Waals surface area contributed by atoms with Crippen LogP contribution in [0, 0.1) is 6.92 Å². The van der Waals surface area contributed by atoms with Gasteiger partial charge in [-0.15, -0.1) is 11.3 Å². The van der Waals surface area contributed by atoms with Crippen LogP contribution in [0.1, 0.15) is 4.88 Å². The Balaban J connectivity index is 2.06. The largest absolute Gasteiger partial charge is 0.508 e. The highest BCUT2D eigenvalue weighted by Crippen LogP contribution is 2.32. The van der Waals surface area contributed by atoms with Crippen molar-refractivity contribution in [3.8, 4) is 22.1 Å². The molecule has 3 aromatic heterocycles. The molecule has 1 aromatic carbocycles. The summed E-state index contributed by atoms with van der Waals surface area (Å²) < 4.78 is 1.99. The molecule has 0 spiro atoms. The molecule has 108 valence electrons. The molecule has 1 N–H and O–H groups in total. The van der Waals surface area contributed by atoms with Crippen molar-refractivity contribution in [2.24, 2.45) is 0 Å². The second-order valence-corrected chi connectivity index (χ2v) is 6.34. The minimum atomic E-state index is 0.226. The Morgan fingerprint density at radius 1 is 1.09 bits per heavy atom. The van der Waals surface area contributed by atoms with E-state index in [4.69, 9.17) is 4.98 Å². The summed E-state index contributed by atoms with van der Waals surface area (Å²) in [4.78, 5) is 11.5. The zero-order valence-corrected chi connectivity index (χ0v) is 12.7. The van der Waals surface area contributed by atoms with Crippen molar-refractivity contribution in [3.05, 3.63) is 59.6 Å². The van der Waals surface area contributed by atoms with Crippen LogP contribution in [0.25, 0.3) is 27.6 Å². The van der Waals surface area contributed by atoms with Crippen LogP contribution in [0.4, 0.5) is 0 Å². The first-order valence-corrected chi connectivity index (χ1v) is 7.74. The molecular formula is C17H13N3OS. The van der Waals surface area contributed by atoms with Gasteiger partial charge in [0.25, 0.3) is 0 Å². The van der Waals surface area contributed by atoms with Crippen LogP contribution in [0.2, 0.25) is 0 Å². The van der Waals surface area contributed by atoms with Gasteiger partial charge < -0.3 is 5.11 Å². The fourth-order valence-electron chi connectivity index (χ4n) is 2.51. The third-order valence-electron chi connectivity index (χ3n) is 3.46. The van der Waals surface area contributed by atoms with Gasteiger partial charge in [0.2, 0.25) is 0 Å². The second kappa shape index (κ2) is 4.96. The van der Waals surface area contributed by atoms with Gasteiger partial charge in [0.05, 0.1) is 10.6 Å². The molecule has 0 atom stereocenters. The highest BCUT2D eigenvalue weighted by molar-refractivity contribution is 7.15. The van der Waals surface area contributed by atoms with Crippen molar-refractivity contribution >= 4 is 22.5 Å². The van der Waals surface area contributed by atoms with Gasteiger partial charge in [-0.1, -0.05) is 6.07 Å². The summed E-state index contributed by atoms with van der Waals surface area (Å²) in [6.07, 6.45) is 1.76. The Bertz CT molecular complexity index is 971. The molecule has 0 bridgehead atoms. The van der Waals surface area contributed by atoms with Gasteiger partial charge in [0, 0.05) is 17.1 Å². The fraction of sp³-hybridized carbons (Fsp3) is 0.0588. The number of thiophene rings is 1. The number of imidazole rings is 1. The van der Waals surface area contributed by atoms with Crippen LogP contribution in [-0.2, 0) is 0 Å². The minimum Gasteiger partial charge on any atom is -0.508 e. The lowest BCUT2D eigenvalue weighted by Gasteiger charge is -2.08. The molecule has 22 heavy (non-hydrogen) atoms. The second-order valence-electron chi connectivity index (χ2n) is 5.05. The third kappa shape index (κ3) is 2.07. The molecule has 0 fully saturated rings. The van der Waals surface area contributed by atoms with Gasteiger partial charge in [-0.05, 0) is 43.3 Å². The molecule has 5 heteroatoms. The number of aromatic hydroxyl groups is 1.